The van der Waals surface area contributed by atoms with Crippen molar-refractivity contribution in [2.75, 3.05) is 19.1 Å². The molecule has 0 amide bonds. The van der Waals surface area contributed by atoms with Gasteiger partial charge in [0, 0.05) is 21.9 Å². The van der Waals surface area contributed by atoms with E-state index in [0.717, 1.165) is 16.1 Å². The Balaban J connectivity index is 2.04. The molecule has 0 aromatic heterocycles. The first kappa shape index (κ1) is 21.7. The Morgan fingerprint density at radius 1 is 0.967 bits per heavy atom. The molecule has 0 saturated heterocycles. The average Bonchev–Trinajstić information content (AvgIpc) is 3.00. The molecule has 2 aromatic carbocycles. The Morgan fingerprint density at radius 3 is 2.40 bits per heavy atom. The molecule has 0 spiro atoms. The molecule has 0 fully saturated rings. The SMILES string of the molecule is COC(=O)C1=C(C(=O)OC)N(c2ccccc2SCc2ccccc2Cl)C=CC=C1. The van der Waals surface area contributed by atoms with Crippen LogP contribution in [0.25, 0.3) is 0 Å². The van der Waals surface area contributed by atoms with Gasteiger partial charge in [0.15, 0.2) is 0 Å². The highest BCUT2D eigenvalue weighted by atomic mass is 35.5. The number of thioether (sulfide) groups is 1. The molecule has 0 bridgehead atoms. The lowest BCUT2D eigenvalue weighted by molar-refractivity contribution is -0.139. The number of esters is 2. The van der Waals surface area contributed by atoms with Gasteiger partial charge in [-0.3, -0.25) is 0 Å². The molecular formula is C23H20ClNO4S. The summed E-state index contributed by atoms with van der Waals surface area (Å²) < 4.78 is 9.84. The van der Waals surface area contributed by atoms with E-state index in [-0.39, 0.29) is 11.3 Å². The molecule has 1 heterocycles. The first-order valence-corrected chi connectivity index (χ1v) is 10.4. The van der Waals surface area contributed by atoms with Crippen molar-refractivity contribution in [2.24, 2.45) is 0 Å². The number of anilines is 1. The molecule has 0 radical (unpaired) electrons. The highest BCUT2D eigenvalue weighted by Gasteiger charge is 2.28. The zero-order chi connectivity index (χ0) is 21.5. The third-order valence-electron chi connectivity index (χ3n) is 4.36. The number of carbonyl (C=O) groups excluding carboxylic acids is 2. The monoisotopic (exact) mass is 441 g/mol. The molecule has 0 atom stereocenters. The van der Waals surface area contributed by atoms with Crippen LogP contribution in [-0.2, 0) is 24.8 Å². The van der Waals surface area contributed by atoms with Crippen LogP contribution in [-0.4, -0.2) is 26.2 Å². The Hall–Kier alpha value is -2.96. The van der Waals surface area contributed by atoms with Gasteiger partial charge in [-0.2, -0.15) is 0 Å². The van der Waals surface area contributed by atoms with Crippen LogP contribution in [0.3, 0.4) is 0 Å². The number of para-hydroxylation sites is 1. The summed E-state index contributed by atoms with van der Waals surface area (Å²) in [6, 6.07) is 15.3. The fourth-order valence-corrected chi connectivity index (χ4v) is 4.23. The van der Waals surface area contributed by atoms with E-state index in [0.29, 0.717) is 10.8 Å². The van der Waals surface area contributed by atoms with Gasteiger partial charge in [-0.25, -0.2) is 9.59 Å². The summed E-state index contributed by atoms with van der Waals surface area (Å²) in [5.74, 6) is -0.618. The van der Waals surface area contributed by atoms with E-state index in [9.17, 15) is 9.59 Å². The number of carbonyl (C=O) groups is 2. The molecule has 0 N–H and O–H groups in total. The van der Waals surface area contributed by atoms with Crippen molar-refractivity contribution < 1.29 is 19.1 Å². The predicted octanol–water partition coefficient (Wildman–Crippen LogP) is 5.12. The van der Waals surface area contributed by atoms with Gasteiger partial charge < -0.3 is 14.4 Å². The van der Waals surface area contributed by atoms with Crippen molar-refractivity contribution in [1.82, 2.24) is 0 Å². The van der Waals surface area contributed by atoms with Gasteiger partial charge in [0.05, 0.1) is 25.5 Å². The van der Waals surface area contributed by atoms with Crippen molar-refractivity contribution in [3.8, 4) is 0 Å². The van der Waals surface area contributed by atoms with Crippen LogP contribution in [0.1, 0.15) is 5.56 Å². The molecule has 0 aliphatic carbocycles. The fraction of sp³-hybridized carbons (Fsp3) is 0.130. The van der Waals surface area contributed by atoms with Crippen molar-refractivity contribution >= 4 is 41.0 Å². The lowest BCUT2D eigenvalue weighted by Crippen LogP contribution is -2.27. The number of methoxy groups -OCH3 is 2. The molecular weight excluding hydrogens is 422 g/mol. The number of hydrogen-bond acceptors (Lipinski definition) is 6. The van der Waals surface area contributed by atoms with Gasteiger partial charge in [-0.15, -0.1) is 11.8 Å². The van der Waals surface area contributed by atoms with Gasteiger partial charge >= 0.3 is 11.9 Å². The van der Waals surface area contributed by atoms with E-state index in [1.54, 1.807) is 35.0 Å². The van der Waals surface area contributed by atoms with Crippen LogP contribution in [0.2, 0.25) is 5.02 Å². The third-order valence-corrected chi connectivity index (χ3v) is 5.84. The first-order valence-electron chi connectivity index (χ1n) is 9.07. The Morgan fingerprint density at radius 2 is 1.67 bits per heavy atom. The second kappa shape index (κ2) is 10.2. The zero-order valence-electron chi connectivity index (χ0n) is 16.5. The van der Waals surface area contributed by atoms with Crippen LogP contribution in [0.15, 0.2) is 89.1 Å². The molecule has 1 aliphatic rings. The molecule has 30 heavy (non-hydrogen) atoms. The summed E-state index contributed by atoms with van der Waals surface area (Å²) in [4.78, 5) is 27.6. The van der Waals surface area contributed by atoms with E-state index in [1.807, 2.05) is 48.5 Å². The quantitative estimate of drug-likeness (QED) is 0.458. The second-order valence-corrected chi connectivity index (χ2v) is 7.59. The summed E-state index contributed by atoms with van der Waals surface area (Å²) in [6.07, 6.45) is 6.67. The van der Waals surface area contributed by atoms with Gasteiger partial charge in [-0.05, 0) is 35.9 Å². The largest absolute Gasteiger partial charge is 0.465 e. The van der Waals surface area contributed by atoms with Crippen LogP contribution in [0, 0.1) is 0 Å². The minimum atomic E-state index is -0.641. The molecule has 0 unspecified atom stereocenters. The highest BCUT2D eigenvalue weighted by molar-refractivity contribution is 7.98. The molecule has 7 heteroatoms. The Kier molecular flexibility index (Phi) is 7.38. The van der Waals surface area contributed by atoms with Gasteiger partial charge in [0.2, 0.25) is 0 Å². The van der Waals surface area contributed by atoms with Crippen molar-refractivity contribution in [1.29, 1.82) is 0 Å². The average molecular weight is 442 g/mol. The van der Waals surface area contributed by atoms with Gasteiger partial charge in [0.25, 0.3) is 0 Å². The maximum atomic E-state index is 12.6. The lowest BCUT2D eigenvalue weighted by Gasteiger charge is -2.25. The van der Waals surface area contributed by atoms with Crippen molar-refractivity contribution in [2.45, 2.75) is 10.6 Å². The molecule has 3 rings (SSSR count). The topological polar surface area (TPSA) is 55.8 Å². The summed E-state index contributed by atoms with van der Waals surface area (Å²) in [6.45, 7) is 0. The predicted molar refractivity (Wildman–Crippen MR) is 119 cm³/mol. The number of halogens is 1. The minimum Gasteiger partial charge on any atom is -0.465 e. The van der Waals surface area contributed by atoms with E-state index < -0.39 is 11.9 Å². The number of ether oxygens (including phenoxy) is 2. The standard InChI is InChI=1S/C23H20ClNO4S/c1-28-22(26)17-10-7-8-14-25(21(17)23(27)29-2)19-12-5-6-13-20(19)30-15-16-9-3-4-11-18(16)24/h3-14H,15H2,1-2H3. The van der Waals surface area contributed by atoms with Crippen LogP contribution in [0.4, 0.5) is 5.69 Å². The minimum absolute atomic E-state index is 0.0835. The Bertz CT molecular complexity index is 1050. The number of hydrogen-bond donors (Lipinski definition) is 0. The molecule has 154 valence electrons. The molecule has 1 aliphatic heterocycles. The maximum Gasteiger partial charge on any atom is 0.355 e. The van der Waals surface area contributed by atoms with E-state index in [1.165, 1.54) is 20.3 Å². The van der Waals surface area contributed by atoms with Gasteiger partial charge in [-0.1, -0.05) is 48.0 Å². The summed E-state index contributed by atoms with van der Waals surface area (Å²) >= 11 is 7.87. The highest BCUT2D eigenvalue weighted by Crippen LogP contribution is 2.37. The number of rotatable bonds is 6. The van der Waals surface area contributed by atoms with Crippen LogP contribution < -0.4 is 4.90 Å². The van der Waals surface area contributed by atoms with E-state index in [2.05, 4.69) is 0 Å². The zero-order valence-corrected chi connectivity index (χ0v) is 18.1. The smallest absolute Gasteiger partial charge is 0.355 e. The van der Waals surface area contributed by atoms with Crippen molar-refractivity contribution in [3.63, 3.8) is 0 Å². The number of nitrogens with zero attached hydrogens (tertiary/aromatic N) is 1. The fourth-order valence-electron chi connectivity index (χ4n) is 2.90. The van der Waals surface area contributed by atoms with E-state index >= 15 is 0 Å². The third kappa shape index (κ3) is 4.78. The van der Waals surface area contributed by atoms with Crippen LogP contribution in [0.5, 0.6) is 0 Å². The maximum absolute atomic E-state index is 12.6. The van der Waals surface area contributed by atoms with Crippen molar-refractivity contribution in [3.05, 3.63) is 94.8 Å². The Labute approximate surface area is 184 Å². The van der Waals surface area contributed by atoms with E-state index in [4.69, 9.17) is 21.1 Å². The molecule has 2 aromatic rings. The summed E-state index contributed by atoms with van der Waals surface area (Å²) in [7, 11) is 2.55. The summed E-state index contributed by atoms with van der Waals surface area (Å²) in [5, 5.41) is 0.699. The van der Waals surface area contributed by atoms with Crippen LogP contribution >= 0.6 is 23.4 Å². The first-order chi connectivity index (χ1) is 14.6. The molecule has 5 nitrogen and oxygen atoms in total. The number of allylic oxidation sites excluding steroid dienone is 2. The number of benzene rings is 2. The lowest BCUT2D eigenvalue weighted by atomic mass is 10.1. The normalized spacial score (nSPS) is 13.2. The summed E-state index contributed by atoms with van der Waals surface area (Å²) in [5.41, 5.74) is 1.93. The molecule has 0 saturated carbocycles. The van der Waals surface area contributed by atoms with Gasteiger partial charge in [0.1, 0.15) is 5.70 Å². The second-order valence-electron chi connectivity index (χ2n) is 6.16.